The summed E-state index contributed by atoms with van der Waals surface area (Å²) in [5.74, 6) is -0.752. The van der Waals surface area contributed by atoms with Crippen molar-refractivity contribution in [3.05, 3.63) is 59.7 Å². The molecule has 3 rings (SSSR count). The number of aliphatic carboxylic acids is 1. The molecule has 1 N–H and O–H groups in total. The Balaban J connectivity index is 1.87. The summed E-state index contributed by atoms with van der Waals surface area (Å²) < 4.78 is 5.19. The van der Waals surface area contributed by atoms with Gasteiger partial charge in [-0.15, -0.1) is 0 Å². The van der Waals surface area contributed by atoms with E-state index in [4.69, 9.17) is 9.84 Å². The lowest BCUT2D eigenvalue weighted by molar-refractivity contribution is -0.139. The zero-order chi connectivity index (χ0) is 17.6. The Labute approximate surface area is 146 Å². The number of carboxylic acids is 1. The molecule has 0 spiro atoms. The van der Waals surface area contributed by atoms with Crippen molar-refractivity contribution >= 4 is 17.6 Å². The van der Waals surface area contributed by atoms with Gasteiger partial charge in [-0.1, -0.05) is 30.7 Å². The second-order valence-electron chi connectivity index (χ2n) is 6.11. The number of aryl methyl sites for hydroxylation is 1. The van der Waals surface area contributed by atoms with Crippen LogP contribution in [-0.2, 0) is 11.2 Å². The molecule has 0 fully saturated rings. The molecule has 0 atom stereocenters. The highest BCUT2D eigenvalue weighted by Crippen LogP contribution is 2.27. The topological polar surface area (TPSA) is 66.8 Å². The Morgan fingerprint density at radius 1 is 1.04 bits per heavy atom. The van der Waals surface area contributed by atoms with Gasteiger partial charge in [-0.2, -0.15) is 0 Å². The first-order valence-electron chi connectivity index (χ1n) is 8.49. The highest BCUT2D eigenvalue weighted by atomic mass is 16.5. The number of hydrogen-bond acceptors (Lipinski definition) is 3. The number of ether oxygens (including phenoxy) is 1. The average molecular weight is 339 g/mol. The number of amides is 1. The molecule has 5 heteroatoms. The Bertz CT molecular complexity index is 772. The first-order valence-corrected chi connectivity index (χ1v) is 8.49. The van der Waals surface area contributed by atoms with Crippen molar-refractivity contribution in [2.45, 2.75) is 25.7 Å². The van der Waals surface area contributed by atoms with Gasteiger partial charge in [0.2, 0.25) is 0 Å². The van der Waals surface area contributed by atoms with Gasteiger partial charge in [-0.25, -0.2) is 4.79 Å². The fourth-order valence-electron chi connectivity index (χ4n) is 3.10. The third kappa shape index (κ3) is 4.18. The van der Waals surface area contributed by atoms with Crippen molar-refractivity contribution < 1.29 is 19.4 Å². The van der Waals surface area contributed by atoms with Gasteiger partial charge < -0.3 is 14.7 Å². The number of para-hydroxylation sites is 1. The molecule has 1 aliphatic heterocycles. The van der Waals surface area contributed by atoms with Crippen molar-refractivity contribution in [3.8, 4) is 5.75 Å². The lowest BCUT2D eigenvalue weighted by Gasteiger charge is -2.27. The molecule has 0 aliphatic carbocycles. The van der Waals surface area contributed by atoms with Gasteiger partial charge >= 0.3 is 5.97 Å². The van der Waals surface area contributed by atoms with Crippen LogP contribution in [0.5, 0.6) is 5.75 Å². The van der Waals surface area contributed by atoms with E-state index in [1.165, 1.54) is 5.56 Å². The third-order valence-corrected chi connectivity index (χ3v) is 4.30. The zero-order valence-corrected chi connectivity index (χ0v) is 14.0. The van der Waals surface area contributed by atoms with E-state index < -0.39 is 12.6 Å². The van der Waals surface area contributed by atoms with E-state index in [0.717, 1.165) is 31.4 Å². The van der Waals surface area contributed by atoms with Gasteiger partial charge in [0, 0.05) is 17.8 Å². The van der Waals surface area contributed by atoms with Crippen molar-refractivity contribution in [1.29, 1.82) is 0 Å². The van der Waals surface area contributed by atoms with E-state index >= 15 is 0 Å². The molecular weight excluding hydrogens is 318 g/mol. The molecule has 0 saturated carbocycles. The van der Waals surface area contributed by atoms with Crippen LogP contribution in [0.25, 0.3) is 0 Å². The van der Waals surface area contributed by atoms with Gasteiger partial charge in [0.25, 0.3) is 5.91 Å². The van der Waals surface area contributed by atoms with Crippen LogP contribution in [0.1, 0.15) is 35.2 Å². The molecule has 5 nitrogen and oxygen atoms in total. The van der Waals surface area contributed by atoms with Crippen LogP contribution in [0.4, 0.5) is 5.69 Å². The summed E-state index contributed by atoms with van der Waals surface area (Å²) >= 11 is 0. The highest BCUT2D eigenvalue weighted by Gasteiger charge is 2.21. The maximum Gasteiger partial charge on any atom is 0.341 e. The second-order valence-corrected chi connectivity index (χ2v) is 6.11. The van der Waals surface area contributed by atoms with Gasteiger partial charge in [-0.3, -0.25) is 4.79 Å². The summed E-state index contributed by atoms with van der Waals surface area (Å²) in [5.41, 5.74) is 2.65. The molecule has 0 bridgehead atoms. The molecule has 0 aromatic heterocycles. The van der Waals surface area contributed by atoms with E-state index in [1.807, 2.05) is 23.1 Å². The Hall–Kier alpha value is -2.82. The lowest BCUT2D eigenvalue weighted by Crippen LogP contribution is -2.33. The molecule has 0 radical (unpaired) electrons. The molecule has 25 heavy (non-hydrogen) atoms. The Morgan fingerprint density at radius 2 is 1.88 bits per heavy atom. The standard InChI is InChI=1S/C20H21NO4/c22-19(23)14-25-17-10-6-9-16(13-17)20(24)21-12-5-1-2-7-15-8-3-4-11-18(15)21/h3-4,6,8-11,13H,1-2,5,7,12,14H2,(H,22,23). The number of benzene rings is 2. The van der Waals surface area contributed by atoms with Crippen molar-refractivity contribution in [2.24, 2.45) is 0 Å². The van der Waals surface area contributed by atoms with Crippen LogP contribution in [-0.4, -0.2) is 30.1 Å². The number of hydrogen-bond donors (Lipinski definition) is 1. The van der Waals surface area contributed by atoms with Crippen molar-refractivity contribution in [2.75, 3.05) is 18.1 Å². The molecule has 2 aromatic rings. The number of nitrogens with zero attached hydrogens (tertiary/aromatic N) is 1. The molecule has 1 aliphatic rings. The minimum absolute atomic E-state index is 0.0878. The van der Waals surface area contributed by atoms with E-state index in [9.17, 15) is 9.59 Å². The molecular formula is C20H21NO4. The minimum atomic E-state index is -1.05. The predicted octanol–water partition coefficient (Wildman–Crippen LogP) is 3.52. The second kappa shape index (κ2) is 7.83. The SMILES string of the molecule is O=C(O)COc1cccc(C(=O)N2CCCCCc3ccccc32)c1. The highest BCUT2D eigenvalue weighted by molar-refractivity contribution is 6.06. The third-order valence-electron chi connectivity index (χ3n) is 4.30. The summed E-state index contributed by atoms with van der Waals surface area (Å²) in [6, 6.07) is 14.7. The number of carboxylic acid groups (broad SMARTS) is 1. The zero-order valence-electron chi connectivity index (χ0n) is 14.0. The molecule has 1 heterocycles. The fourth-order valence-corrected chi connectivity index (χ4v) is 3.10. The summed E-state index contributed by atoms with van der Waals surface area (Å²) in [5, 5.41) is 8.72. The van der Waals surface area contributed by atoms with Crippen LogP contribution in [0.15, 0.2) is 48.5 Å². The summed E-state index contributed by atoms with van der Waals surface area (Å²) in [7, 11) is 0. The van der Waals surface area contributed by atoms with Crippen molar-refractivity contribution in [3.63, 3.8) is 0 Å². The molecule has 0 unspecified atom stereocenters. The predicted molar refractivity (Wildman–Crippen MR) is 95.2 cm³/mol. The van der Waals surface area contributed by atoms with Crippen LogP contribution >= 0.6 is 0 Å². The first-order chi connectivity index (χ1) is 12.1. The summed E-state index contributed by atoms with van der Waals surface area (Å²) in [4.78, 5) is 25.5. The average Bonchev–Trinajstić information content (AvgIpc) is 2.61. The smallest absolute Gasteiger partial charge is 0.341 e. The van der Waals surface area contributed by atoms with Crippen LogP contribution in [0.3, 0.4) is 0 Å². The largest absolute Gasteiger partial charge is 0.482 e. The summed E-state index contributed by atoms with van der Waals surface area (Å²) in [6.07, 6.45) is 4.18. The van der Waals surface area contributed by atoms with Crippen LogP contribution in [0, 0.1) is 0 Å². The molecule has 2 aromatic carbocycles. The Morgan fingerprint density at radius 3 is 2.72 bits per heavy atom. The monoisotopic (exact) mass is 339 g/mol. The van der Waals surface area contributed by atoms with E-state index in [2.05, 4.69) is 6.07 Å². The molecule has 0 saturated heterocycles. The van der Waals surface area contributed by atoms with Gasteiger partial charge in [0.15, 0.2) is 6.61 Å². The van der Waals surface area contributed by atoms with Crippen LogP contribution in [0.2, 0.25) is 0 Å². The van der Waals surface area contributed by atoms with E-state index in [1.54, 1.807) is 24.3 Å². The lowest BCUT2D eigenvalue weighted by atomic mass is 10.0. The maximum absolute atomic E-state index is 13.1. The fraction of sp³-hybridized carbons (Fsp3) is 0.300. The number of fused-ring (bicyclic) bond motifs is 1. The molecule has 130 valence electrons. The van der Waals surface area contributed by atoms with E-state index in [-0.39, 0.29) is 5.91 Å². The number of carbonyl (C=O) groups excluding carboxylic acids is 1. The normalized spacial score (nSPS) is 14.2. The number of anilines is 1. The summed E-state index contributed by atoms with van der Waals surface area (Å²) in [6.45, 7) is 0.250. The minimum Gasteiger partial charge on any atom is -0.482 e. The number of carbonyl (C=O) groups is 2. The molecule has 1 amide bonds. The van der Waals surface area contributed by atoms with Gasteiger partial charge in [0.05, 0.1) is 0 Å². The number of rotatable bonds is 4. The van der Waals surface area contributed by atoms with Gasteiger partial charge in [-0.05, 0) is 49.1 Å². The van der Waals surface area contributed by atoms with Gasteiger partial charge in [0.1, 0.15) is 5.75 Å². The quantitative estimate of drug-likeness (QED) is 0.925. The Kier molecular flexibility index (Phi) is 5.33. The maximum atomic E-state index is 13.1. The van der Waals surface area contributed by atoms with E-state index in [0.29, 0.717) is 17.9 Å². The first kappa shape index (κ1) is 17.0. The van der Waals surface area contributed by atoms with Crippen molar-refractivity contribution in [1.82, 2.24) is 0 Å². The van der Waals surface area contributed by atoms with Crippen LogP contribution < -0.4 is 9.64 Å².